The molecule has 0 radical (unpaired) electrons. The standard InChI is InChI=1S/C24H34N4O6.C14H16N2O4.C10H20N2O3/c1-24(2,3)34-23(31)26-13-7-10-19(26)16-32-25-21(29)20-12-11-18-14-27(20)22(30)28(18)33-15-17-8-5-4-6-9-17;17-13(18)12-7-6-11-8-15(12)14(19)16(11)20-9-10-4-2-1-3-5-10;1-10(2,3)15-9(13)12-6-4-5-8(12)7-14-11/h4-6,8-9,18-20H,7,10-16H2,1-3H3,(H,25,29);1-5,11-12H,6-9H2,(H,17,18);8H,4-7,11H2,1-3H3/t18-,19+,20+;11-,12+;8-/m110/s1. The van der Waals surface area contributed by atoms with Crippen molar-refractivity contribution < 1.29 is 62.7 Å². The van der Waals surface area contributed by atoms with Crippen molar-refractivity contribution in [2.24, 2.45) is 5.90 Å². The van der Waals surface area contributed by atoms with Crippen molar-refractivity contribution in [2.75, 3.05) is 39.4 Å². The summed E-state index contributed by atoms with van der Waals surface area (Å²) in [4.78, 5) is 101. The van der Waals surface area contributed by atoms with Crippen LogP contribution < -0.4 is 11.4 Å². The van der Waals surface area contributed by atoms with E-state index in [9.17, 15) is 28.8 Å². The molecule has 0 aliphatic carbocycles. The molecule has 4 N–H and O–H groups in total. The third kappa shape index (κ3) is 14.4. The van der Waals surface area contributed by atoms with Gasteiger partial charge < -0.3 is 39.0 Å². The van der Waals surface area contributed by atoms with E-state index in [4.69, 9.17) is 35.0 Å². The Bertz CT molecular complexity index is 2050. The number of hydrogen-bond donors (Lipinski definition) is 3. The van der Waals surface area contributed by atoms with Crippen LogP contribution in [0.2, 0.25) is 0 Å². The molecule has 0 spiro atoms. The second-order valence-electron chi connectivity index (χ2n) is 19.9. The molecule has 69 heavy (non-hydrogen) atoms. The first kappa shape index (κ1) is 52.6. The number of hydrogen-bond acceptors (Lipinski definition) is 13. The summed E-state index contributed by atoms with van der Waals surface area (Å²) < 4.78 is 10.7. The van der Waals surface area contributed by atoms with E-state index in [0.717, 1.165) is 43.4 Å². The molecule has 0 saturated carbocycles. The van der Waals surface area contributed by atoms with Gasteiger partial charge in [0.1, 0.15) is 36.5 Å². The van der Waals surface area contributed by atoms with Gasteiger partial charge in [0.05, 0.1) is 37.4 Å². The summed E-state index contributed by atoms with van der Waals surface area (Å²) in [6.07, 6.45) is 5.23. The fourth-order valence-corrected chi connectivity index (χ4v) is 9.09. The van der Waals surface area contributed by atoms with Crippen molar-refractivity contribution in [2.45, 2.75) is 154 Å². The summed E-state index contributed by atoms with van der Waals surface area (Å²) in [7, 11) is 0. The minimum absolute atomic E-state index is 0.0400. The zero-order valence-electron chi connectivity index (χ0n) is 40.7. The summed E-state index contributed by atoms with van der Waals surface area (Å²) in [5.41, 5.74) is 3.42. The molecule has 6 aliphatic heterocycles. The highest BCUT2D eigenvalue weighted by atomic mass is 16.7. The lowest BCUT2D eigenvalue weighted by molar-refractivity contribution is -0.143. The molecule has 6 aliphatic rings. The van der Waals surface area contributed by atoms with Crippen molar-refractivity contribution >= 4 is 36.1 Å². The quantitative estimate of drug-likeness (QED) is 0.208. The topological polar surface area (TPSA) is 236 Å². The summed E-state index contributed by atoms with van der Waals surface area (Å²) >= 11 is 0. The van der Waals surface area contributed by atoms with Gasteiger partial charge in [0.2, 0.25) is 0 Å². The SMILES string of the molecule is CC(C)(C)OC(=O)N1CCC[C@H]1CON.CC(C)(C)OC(=O)N1CCC[C@H]1CONC(=O)[C@@H]1CC[C@@H]2CN1C(=O)N2OCc1ccccc1.O=C(O)[C@@H]1CC[C@@H]2CN1C(=O)N2OCc1ccccc1. The Hall–Kier alpha value is -5.74. The zero-order valence-corrected chi connectivity index (χ0v) is 40.7. The zero-order chi connectivity index (χ0) is 49.9. The van der Waals surface area contributed by atoms with Gasteiger partial charge in [0.25, 0.3) is 5.91 Å². The molecule has 21 heteroatoms. The van der Waals surface area contributed by atoms with E-state index in [-0.39, 0.29) is 60.9 Å². The maximum absolute atomic E-state index is 12.9. The van der Waals surface area contributed by atoms with Crippen molar-refractivity contribution in [3.63, 3.8) is 0 Å². The van der Waals surface area contributed by atoms with E-state index in [0.29, 0.717) is 65.1 Å². The van der Waals surface area contributed by atoms with Crippen LogP contribution in [0.1, 0.15) is 104 Å². The molecule has 2 aromatic carbocycles. The van der Waals surface area contributed by atoms with Gasteiger partial charge in [-0.2, -0.15) is 10.1 Å². The number of nitrogens with two attached hydrogens (primary N) is 1. The predicted octanol–water partition coefficient (Wildman–Crippen LogP) is 5.58. The van der Waals surface area contributed by atoms with Crippen LogP contribution in [0, 0.1) is 0 Å². The highest BCUT2D eigenvalue weighted by Crippen LogP contribution is 2.32. The number of rotatable bonds is 13. The van der Waals surface area contributed by atoms with Crippen LogP contribution in [0.15, 0.2) is 60.7 Å². The molecule has 0 aromatic heterocycles. The molecule has 2 aromatic rings. The molecule has 8 rings (SSSR count). The monoisotopic (exact) mass is 967 g/mol. The summed E-state index contributed by atoms with van der Waals surface area (Å²) in [6, 6.07) is 17.1. The van der Waals surface area contributed by atoms with Gasteiger partial charge >= 0.3 is 30.2 Å². The van der Waals surface area contributed by atoms with Crippen molar-refractivity contribution in [3.8, 4) is 0 Å². The van der Waals surface area contributed by atoms with Gasteiger partial charge in [-0.3, -0.25) is 19.3 Å². The summed E-state index contributed by atoms with van der Waals surface area (Å²) in [5.74, 6) is 3.71. The van der Waals surface area contributed by atoms with Crippen LogP contribution in [-0.2, 0) is 51.6 Å². The maximum Gasteiger partial charge on any atom is 0.410 e. The summed E-state index contributed by atoms with van der Waals surface area (Å²) in [5, 5.41) is 11.9. The van der Waals surface area contributed by atoms with Gasteiger partial charge in [-0.25, -0.2) is 35.3 Å². The second kappa shape index (κ2) is 23.7. The number of likely N-dealkylation sites (tertiary alicyclic amines) is 2. The molecule has 21 nitrogen and oxygen atoms in total. The number of ether oxygens (including phenoxy) is 2. The minimum atomic E-state index is -0.943. The molecule has 380 valence electrons. The predicted molar refractivity (Wildman–Crippen MR) is 248 cm³/mol. The number of carboxylic acid groups (broad SMARTS) is 1. The average Bonchev–Trinajstić information content (AvgIpc) is 4.08. The Kier molecular flexibility index (Phi) is 18.1. The number of nitrogens with zero attached hydrogens (tertiary/aromatic N) is 6. The van der Waals surface area contributed by atoms with E-state index in [1.165, 1.54) is 15.0 Å². The third-order valence-corrected chi connectivity index (χ3v) is 12.4. The minimum Gasteiger partial charge on any atom is -0.480 e. The van der Waals surface area contributed by atoms with Crippen molar-refractivity contribution in [1.29, 1.82) is 0 Å². The molecular formula is C48H70N8O13. The average molecular weight is 967 g/mol. The fraction of sp³-hybridized carbons (Fsp3) is 0.625. The first-order chi connectivity index (χ1) is 32.8. The van der Waals surface area contributed by atoms with E-state index < -0.39 is 29.3 Å². The molecule has 6 saturated heterocycles. The van der Waals surface area contributed by atoms with E-state index in [1.54, 1.807) is 14.7 Å². The summed E-state index contributed by atoms with van der Waals surface area (Å²) in [6.45, 7) is 14.4. The Morgan fingerprint density at radius 2 is 1.07 bits per heavy atom. The number of carbonyl (C=O) groups is 6. The molecule has 6 fully saturated rings. The highest BCUT2D eigenvalue weighted by molar-refractivity contribution is 5.88. The molecule has 0 unspecified atom stereocenters. The van der Waals surface area contributed by atoms with Gasteiger partial charge in [0.15, 0.2) is 0 Å². The third-order valence-electron chi connectivity index (χ3n) is 12.4. The van der Waals surface area contributed by atoms with Gasteiger partial charge in [-0.05, 0) is 104 Å². The van der Waals surface area contributed by atoms with Crippen molar-refractivity contribution in [3.05, 3.63) is 71.8 Å². The lowest BCUT2D eigenvalue weighted by atomic mass is 10.0. The molecule has 7 amide bonds. The van der Waals surface area contributed by atoms with Crippen LogP contribution in [0.3, 0.4) is 0 Å². The Morgan fingerprint density at radius 3 is 1.51 bits per heavy atom. The largest absolute Gasteiger partial charge is 0.480 e. The van der Waals surface area contributed by atoms with Gasteiger partial charge in [0, 0.05) is 26.2 Å². The number of nitrogens with one attached hydrogen (secondary N) is 1. The maximum atomic E-state index is 12.9. The Labute approximate surface area is 403 Å². The Balaban J connectivity index is 0.000000189. The molecule has 6 atom stereocenters. The van der Waals surface area contributed by atoms with Crippen LogP contribution in [-0.4, -0.2) is 158 Å². The number of hydroxylamine groups is 5. The number of carbonyl (C=O) groups excluding carboxylic acids is 5. The van der Waals surface area contributed by atoms with Crippen LogP contribution >= 0.6 is 0 Å². The lowest BCUT2D eigenvalue weighted by Crippen LogP contribution is -2.50. The van der Waals surface area contributed by atoms with Gasteiger partial charge in [-0.15, -0.1) is 0 Å². The number of benzene rings is 2. The van der Waals surface area contributed by atoms with E-state index in [2.05, 4.69) is 10.3 Å². The van der Waals surface area contributed by atoms with Gasteiger partial charge in [-0.1, -0.05) is 60.7 Å². The first-order valence-corrected chi connectivity index (χ1v) is 23.8. The number of aliphatic carboxylic acids is 1. The molecule has 4 bridgehead atoms. The van der Waals surface area contributed by atoms with E-state index in [1.807, 2.05) is 102 Å². The van der Waals surface area contributed by atoms with Crippen LogP contribution in [0.4, 0.5) is 19.2 Å². The number of urea groups is 2. The number of carboxylic acids is 1. The molecular weight excluding hydrogens is 897 g/mol. The second-order valence-corrected chi connectivity index (χ2v) is 19.9. The van der Waals surface area contributed by atoms with Crippen molar-refractivity contribution in [1.82, 2.24) is 35.2 Å². The smallest absolute Gasteiger partial charge is 0.410 e. The molecule has 6 heterocycles. The number of amides is 7. The fourth-order valence-electron chi connectivity index (χ4n) is 9.09. The first-order valence-electron chi connectivity index (χ1n) is 23.8. The normalized spacial score (nSPS) is 24.1. The highest BCUT2D eigenvalue weighted by Gasteiger charge is 2.49. The van der Waals surface area contributed by atoms with E-state index >= 15 is 0 Å². The van der Waals surface area contributed by atoms with Crippen LogP contribution in [0.5, 0.6) is 0 Å². The lowest BCUT2D eigenvalue weighted by Gasteiger charge is -2.30. The number of piperidine rings is 2. The Morgan fingerprint density at radius 1 is 0.638 bits per heavy atom. The van der Waals surface area contributed by atoms with Crippen LogP contribution in [0.25, 0.3) is 0 Å². The number of fused-ring (bicyclic) bond motifs is 4.